The van der Waals surface area contributed by atoms with Crippen molar-refractivity contribution in [3.63, 3.8) is 0 Å². The maximum atomic E-state index is 7.22. The number of hydrazine groups is 1. The molecule has 0 aliphatic carbocycles. The van der Waals surface area contributed by atoms with Crippen LogP contribution in [0.1, 0.15) is 6.42 Å². The molecule has 0 aromatic carbocycles. The predicted molar refractivity (Wildman–Crippen MR) is 92.6 cm³/mol. The highest BCUT2D eigenvalue weighted by Gasteiger charge is 2.12. The van der Waals surface area contributed by atoms with Crippen LogP contribution in [0, 0.1) is 5.41 Å². The summed E-state index contributed by atoms with van der Waals surface area (Å²) in [4.78, 5) is 4.81. The molecule has 1 aliphatic heterocycles. The Balaban J connectivity index is -0.000000750. The van der Waals surface area contributed by atoms with Gasteiger partial charge in [-0.05, 0) is 20.0 Å². The Morgan fingerprint density at radius 2 is 1.72 bits per heavy atom. The summed E-state index contributed by atoms with van der Waals surface area (Å²) in [5.41, 5.74) is 2.26. The van der Waals surface area contributed by atoms with Crippen LogP contribution in [0.4, 0.5) is 0 Å². The molecule has 0 aromatic heterocycles. The molecular formula is C9H25Br3N6. The van der Waals surface area contributed by atoms with E-state index in [4.69, 9.17) is 11.3 Å². The van der Waals surface area contributed by atoms with Crippen molar-refractivity contribution in [3.05, 3.63) is 0 Å². The predicted octanol–water partition coefficient (Wildman–Crippen LogP) is 0.345. The Bertz CT molecular complexity index is 199. The fourth-order valence-electron chi connectivity index (χ4n) is 1.64. The first kappa shape index (κ1) is 23.7. The summed E-state index contributed by atoms with van der Waals surface area (Å²) in [5, 5.41) is 10.1. The average Bonchev–Trinajstić information content (AvgIpc) is 2.26. The van der Waals surface area contributed by atoms with E-state index in [1.165, 1.54) is 0 Å². The quantitative estimate of drug-likeness (QED) is 0.161. The molecule has 9 heteroatoms. The number of halogens is 3. The topological polar surface area (TPSA) is 80.4 Å². The maximum Gasteiger partial charge on any atom is 0.202 e. The Labute approximate surface area is 141 Å². The van der Waals surface area contributed by atoms with Crippen molar-refractivity contribution in [2.24, 2.45) is 5.84 Å². The van der Waals surface area contributed by atoms with Gasteiger partial charge in [-0.15, -0.1) is 50.9 Å². The first-order valence-electron chi connectivity index (χ1n) is 5.42. The zero-order valence-electron chi connectivity index (χ0n) is 10.6. The van der Waals surface area contributed by atoms with Crippen molar-refractivity contribution in [1.29, 1.82) is 5.41 Å². The molecule has 0 saturated carbocycles. The van der Waals surface area contributed by atoms with Crippen molar-refractivity contribution >= 4 is 56.9 Å². The van der Waals surface area contributed by atoms with Gasteiger partial charge in [0.05, 0.1) is 0 Å². The zero-order valence-corrected chi connectivity index (χ0v) is 15.8. The number of hydrogen-bond acceptors (Lipinski definition) is 4. The van der Waals surface area contributed by atoms with Gasteiger partial charge in [-0.2, -0.15) is 0 Å². The highest BCUT2D eigenvalue weighted by Crippen LogP contribution is 1.99. The number of hydrogen-bond donors (Lipinski definition) is 4. The first-order chi connectivity index (χ1) is 7.22. The molecule has 1 fully saturated rings. The number of guanidine groups is 1. The smallest absolute Gasteiger partial charge is 0.202 e. The third-order valence-electron chi connectivity index (χ3n) is 2.69. The lowest BCUT2D eigenvalue weighted by molar-refractivity contribution is 0.153. The third-order valence-corrected chi connectivity index (χ3v) is 2.69. The van der Waals surface area contributed by atoms with Crippen LogP contribution in [-0.4, -0.2) is 62.1 Å². The van der Waals surface area contributed by atoms with Crippen LogP contribution in [0.5, 0.6) is 0 Å². The van der Waals surface area contributed by atoms with Crippen molar-refractivity contribution in [2.45, 2.75) is 6.42 Å². The van der Waals surface area contributed by atoms with Gasteiger partial charge in [-0.3, -0.25) is 10.8 Å². The van der Waals surface area contributed by atoms with E-state index in [1.807, 2.05) is 0 Å². The van der Waals surface area contributed by atoms with Crippen molar-refractivity contribution < 1.29 is 0 Å². The van der Waals surface area contributed by atoms with Gasteiger partial charge in [-0.25, -0.2) is 5.84 Å². The van der Waals surface area contributed by atoms with E-state index >= 15 is 0 Å². The SMILES string of the molecule is Br.Br.Br.CN1CCN(CCCNC(=N)NN)CC1. The number of nitrogens with two attached hydrogens (primary N) is 1. The van der Waals surface area contributed by atoms with E-state index < -0.39 is 0 Å². The summed E-state index contributed by atoms with van der Waals surface area (Å²) in [6.07, 6.45) is 1.05. The highest BCUT2D eigenvalue weighted by atomic mass is 79.9. The maximum absolute atomic E-state index is 7.22. The van der Waals surface area contributed by atoms with Gasteiger partial charge in [0.25, 0.3) is 0 Å². The molecular weight excluding hydrogens is 432 g/mol. The normalized spacial score (nSPS) is 15.7. The van der Waals surface area contributed by atoms with Gasteiger partial charge in [0, 0.05) is 32.7 Å². The molecule has 0 spiro atoms. The van der Waals surface area contributed by atoms with Gasteiger partial charge in [0.2, 0.25) is 5.96 Å². The molecule has 0 unspecified atom stereocenters. The number of rotatable bonds is 4. The summed E-state index contributed by atoms with van der Waals surface area (Å²) >= 11 is 0. The monoisotopic (exact) mass is 454 g/mol. The van der Waals surface area contributed by atoms with Crippen LogP contribution in [-0.2, 0) is 0 Å². The number of nitrogens with one attached hydrogen (secondary N) is 3. The minimum absolute atomic E-state index is 0. The highest BCUT2D eigenvalue weighted by molar-refractivity contribution is 8.93. The molecule has 0 aromatic rings. The lowest BCUT2D eigenvalue weighted by Gasteiger charge is -2.32. The Hall–Kier alpha value is 0.590. The molecule has 18 heavy (non-hydrogen) atoms. The molecule has 6 nitrogen and oxygen atoms in total. The van der Waals surface area contributed by atoms with Crippen LogP contribution in [0.2, 0.25) is 0 Å². The fraction of sp³-hybridized carbons (Fsp3) is 0.889. The lowest BCUT2D eigenvalue weighted by atomic mass is 10.3. The molecule has 1 rings (SSSR count). The van der Waals surface area contributed by atoms with E-state index in [-0.39, 0.29) is 56.9 Å². The lowest BCUT2D eigenvalue weighted by Crippen LogP contribution is -2.45. The minimum atomic E-state index is 0. The summed E-state index contributed by atoms with van der Waals surface area (Å²) in [5.74, 6) is 5.25. The number of nitrogens with zero attached hydrogens (tertiary/aromatic N) is 2. The van der Waals surface area contributed by atoms with Gasteiger partial charge >= 0.3 is 0 Å². The third kappa shape index (κ3) is 10.5. The van der Waals surface area contributed by atoms with E-state index in [1.54, 1.807) is 0 Å². The van der Waals surface area contributed by atoms with Crippen LogP contribution in [0.25, 0.3) is 0 Å². The van der Waals surface area contributed by atoms with Crippen LogP contribution < -0.4 is 16.6 Å². The standard InChI is InChI=1S/C9H22N6.3BrH/c1-14-5-7-15(8-6-14)4-2-3-12-9(10)13-11;;;/h2-8,11H2,1H3,(H3,10,12,13);3*1H. The summed E-state index contributed by atoms with van der Waals surface area (Å²) in [6.45, 7) is 6.53. The van der Waals surface area contributed by atoms with Gasteiger partial charge in [0.15, 0.2) is 0 Å². The number of piperazine rings is 1. The van der Waals surface area contributed by atoms with E-state index in [0.29, 0.717) is 0 Å². The molecule has 0 radical (unpaired) electrons. The second kappa shape index (κ2) is 14.0. The van der Waals surface area contributed by atoms with Crippen LogP contribution in [0.3, 0.4) is 0 Å². The van der Waals surface area contributed by atoms with Gasteiger partial charge < -0.3 is 15.1 Å². The summed E-state index contributed by atoms with van der Waals surface area (Å²) in [7, 11) is 2.16. The van der Waals surface area contributed by atoms with Crippen molar-refractivity contribution in [3.8, 4) is 0 Å². The molecule has 1 saturated heterocycles. The van der Waals surface area contributed by atoms with Crippen LogP contribution in [0.15, 0.2) is 0 Å². The van der Waals surface area contributed by atoms with E-state index in [2.05, 4.69) is 27.6 Å². The van der Waals surface area contributed by atoms with Crippen molar-refractivity contribution in [1.82, 2.24) is 20.5 Å². The van der Waals surface area contributed by atoms with E-state index in [9.17, 15) is 0 Å². The second-order valence-electron chi connectivity index (χ2n) is 3.94. The van der Waals surface area contributed by atoms with E-state index in [0.717, 1.165) is 45.7 Å². The first-order valence-corrected chi connectivity index (χ1v) is 5.42. The van der Waals surface area contributed by atoms with Gasteiger partial charge in [0.1, 0.15) is 0 Å². The van der Waals surface area contributed by atoms with Crippen LogP contribution >= 0.6 is 50.9 Å². The Kier molecular flexibility index (Phi) is 18.4. The zero-order chi connectivity index (χ0) is 11.1. The molecule has 5 N–H and O–H groups in total. The summed E-state index contributed by atoms with van der Waals surface area (Å²) < 4.78 is 0. The second-order valence-corrected chi connectivity index (χ2v) is 3.94. The Morgan fingerprint density at radius 3 is 2.22 bits per heavy atom. The molecule has 112 valence electrons. The Morgan fingerprint density at radius 1 is 1.17 bits per heavy atom. The average molecular weight is 457 g/mol. The number of likely N-dealkylation sites (N-methyl/N-ethyl adjacent to an activating group) is 1. The molecule has 1 aliphatic rings. The largest absolute Gasteiger partial charge is 0.355 e. The van der Waals surface area contributed by atoms with Crippen molar-refractivity contribution in [2.75, 3.05) is 46.3 Å². The van der Waals surface area contributed by atoms with Gasteiger partial charge in [-0.1, -0.05) is 0 Å². The minimum Gasteiger partial charge on any atom is -0.355 e. The molecule has 0 atom stereocenters. The molecule has 0 bridgehead atoms. The summed E-state index contributed by atoms with van der Waals surface area (Å²) in [6, 6.07) is 0. The molecule has 0 amide bonds. The molecule has 1 heterocycles. The fourth-order valence-corrected chi connectivity index (χ4v) is 1.64.